The molecule has 0 unspecified atom stereocenters. The third kappa shape index (κ3) is 2.75. The number of aliphatic hydroxyl groups is 1. The molecule has 0 amide bonds. The van der Waals surface area contributed by atoms with Crippen LogP contribution in [0.2, 0.25) is 0 Å². The van der Waals surface area contributed by atoms with Crippen LogP contribution in [0.5, 0.6) is 0 Å². The molecule has 1 aromatic rings. The maximum Gasteiger partial charge on any atom is 0.149 e. The third-order valence-corrected chi connectivity index (χ3v) is 3.50. The van der Waals surface area contributed by atoms with Crippen LogP contribution < -0.4 is 4.90 Å². The Kier molecular flexibility index (Phi) is 3.62. The van der Waals surface area contributed by atoms with E-state index in [1.807, 2.05) is 11.9 Å². The highest BCUT2D eigenvalue weighted by molar-refractivity contribution is 5.48. The first-order chi connectivity index (χ1) is 8.08. The normalized spacial score (nSPS) is 24.7. The van der Waals surface area contributed by atoms with E-state index in [0.717, 1.165) is 31.7 Å². The van der Waals surface area contributed by atoms with Gasteiger partial charge in [-0.1, -0.05) is 0 Å². The van der Waals surface area contributed by atoms with Gasteiger partial charge < -0.3 is 10.0 Å². The van der Waals surface area contributed by atoms with Crippen LogP contribution >= 0.6 is 0 Å². The predicted octanol–water partition coefficient (Wildman–Crippen LogP) is 2.70. The minimum atomic E-state index is -0.557. The molecule has 2 nitrogen and oxygen atoms in total. The van der Waals surface area contributed by atoms with Gasteiger partial charge in [0.15, 0.2) is 0 Å². The van der Waals surface area contributed by atoms with Crippen LogP contribution in [0.15, 0.2) is 18.2 Å². The molecule has 0 radical (unpaired) electrons. The number of halogens is 2. The second kappa shape index (κ2) is 5.00. The Labute approximate surface area is 99.9 Å². The molecule has 2 rings (SSSR count). The maximum atomic E-state index is 13.6. The number of rotatable bonds is 2. The summed E-state index contributed by atoms with van der Waals surface area (Å²) < 4.78 is 26.4. The van der Waals surface area contributed by atoms with Crippen LogP contribution in [0.3, 0.4) is 0 Å². The van der Waals surface area contributed by atoms with E-state index in [1.165, 1.54) is 12.1 Å². The molecular weight excluding hydrogens is 224 g/mol. The van der Waals surface area contributed by atoms with Gasteiger partial charge in [0.2, 0.25) is 0 Å². The molecule has 1 aliphatic carbocycles. The van der Waals surface area contributed by atoms with Gasteiger partial charge >= 0.3 is 0 Å². The zero-order chi connectivity index (χ0) is 12.4. The minimum absolute atomic E-state index is 0.221. The topological polar surface area (TPSA) is 23.5 Å². The van der Waals surface area contributed by atoms with Gasteiger partial charge in [0, 0.05) is 19.2 Å². The summed E-state index contributed by atoms with van der Waals surface area (Å²) in [6.45, 7) is 0. The summed E-state index contributed by atoms with van der Waals surface area (Å²) in [6.07, 6.45) is 2.95. The third-order valence-electron chi connectivity index (χ3n) is 3.50. The highest BCUT2D eigenvalue weighted by Gasteiger charge is 2.24. The minimum Gasteiger partial charge on any atom is -0.393 e. The molecule has 1 fully saturated rings. The van der Waals surface area contributed by atoms with Gasteiger partial charge in [-0.3, -0.25) is 0 Å². The van der Waals surface area contributed by atoms with Gasteiger partial charge in [0.25, 0.3) is 0 Å². The molecule has 0 bridgehead atoms. The van der Waals surface area contributed by atoms with E-state index >= 15 is 0 Å². The largest absolute Gasteiger partial charge is 0.393 e. The molecule has 1 saturated carbocycles. The lowest BCUT2D eigenvalue weighted by Crippen LogP contribution is -2.36. The SMILES string of the molecule is CN(c1ccc(F)cc1F)C1CCC(O)CC1. The number of nitrogens with zero attached hydrogens (tertiary/aromatic N) is 1. The molecule has 1 N–H and O–H groups in total. The van der Waals surface area contributed by atoms with Crippen molar-refractivity contribution in [2.45, 2.75) is 37.8 Å². The summed E-state index contributed by atoms with van der Waals surface area (Å²) in [4.78, 5) is 1.85. The van der Waals surface area contributed by atoms with Crippen molar-refractivity contribution in [3.05, 3.63) is 29.8 Å². The first-order valence-electron chi connectivity index (χ1n) is 5.94. The van der Waals surface area contributed by atoms with Crippen LogP contribution in [0.1, 0.15) is 25.7 Å². The zero-order valence-electron chi connectivity index (χ0n) is 9.87. The fraction of sp³-hybridized carbons (Fsp3) is 0.538. The Morgan fingerprint density at radius 3 is 2.41 bits per heavy atom. The molecule has 0 aromatic heterocycles. The zero-order valence-corrected chi connectivity index (χ0v) is 9.87. The molecule has 0 saturated heterocycles. The molecule has 0 heterocycles. The van der Waals surface area contributed by atoms with E-state index < -0.39 is 11.6 Å². The predicted molar refractivity (Wildman–Crippen MR) is 63.0 cm³/mol. The Bertz CT molecular complexity index is 389. The van der Waals surface area contributed by atoms with Crippen molar-refractivity contribution < 1.29 is 13.9 Å². The van der Waals surface area contributed by atoms with Gasteiger partial charge in [-0.15, -0.1) is 0 Å². The number of benzene rings is 1. The van der Waals surface area contributed by atoms with Crippen molar-refractivity contribution >= 4 is 5.69 Å². The lowest BCUT2D eigenvalue weighted by molar-refractivity contribution is 0.122. The van der Waals surface area contributed by atoms with Crippen molar-refractivity contribution in [2.75, 3.05) is 11.9 Å². The van der Waals surface area contributed by atoms with Crippen molar-refractivity contribution in [3.8, 4) is 0 Å². The van der Waals surface area contributed by atoms with Crippen molar-refractivity contribution in [1.82, 2.24) is 0 Å². The summed E-state index contributed by atoms with van der Waals surface area (Å²) in [5.74, 6) is -1.09. The average Bonchev–Trinajstić information content (AvgIpc) is 2.29. The van der Waals surface area contributed by atoms with E-state index in [9.17, 15) is 13.9 Å². The van der Waals surface area contributed by atoms with Gasteiger partial charge in [-0.2, -0.15) is 0 Å². The second-order valence-corrected chi connectivity index (χ2v) is 4.67. The van der Waals surface area contributed by atoms with Crippen LogP contribution in [-0.2, 0) is 0 Å². The van der Waals surface area contributed by atoms with E-state index in [1.54, 1.807) is 0 Å². The van der Waals surface area contributed by atoms with E-state index in [2.05, 4.69) is 0 Å². The van der Waals surface area contributed by atoms with Gasteiger partial charge in [0.1, 0.15) is 11.6 Å². The molecule has 0 atom stereocenters. The van der Waals surface area contributed by atoms with Crippen LogP contribution in [0.25, 0.3) is 0 Å². The molecule has 0 aliphatic heterocycles. The van der Waals surface area contributed by atoms with Crippen molar-refractivity contribution in [2.24, 2.45) is 0 Å². The Morgan fingerprint density at radius 2 is 1.82 bits per heavy atom. The smallest absolute Gasteiger partial charge is 0.149 e. The molecule has 4 heteroatoms. The van der Waals surface area contributed by atoms with Gasteiger partial charge in [0.05, 0.1) is 11.8 Å². The maximum absolute atomic E-state index is 13.6. The van der Waals surface area contributed by atoms with Crippen molar-refractivity contribution in [3.63, 3.8) is 0 Å². The first kappa shape index (κ1) is 12.3. The number of aliphatic hydroxyl groups excluding tert-OH is 1. The fourth-order valence-electron chi connectivity index (χ4n) is 2.41. The van der Waals surface area contributed by atoms with Crippen molar-refractivity contribution in [1.29, 1.82) is 0 Å². The Balaban J connectivity index is 2.11. The van der Waals surface area contributed by atoms with E-state index in [0.29, 0.717) is 5.69 Å². The first-order valence-corrected chi connectivity index (χ1v) is 5.94. The highest BCUT2D eigenvalue weighted by atomic mass is 19.1. The van der Waals surface area contributed by atoms with Crippen LogP contribution in [0, 0.1) is 11.6 Å². The lowest BCUT2D eigenvalue weighted by atomic mass is 9.92. The summed E-state index contributed by atoms with van der Waals surface area (Å²) in [5.41, 5.74) is 0.424. The van der Waals surface area contributed by atoms with E-state index in [4.69, 9.17) is 0 Å². The quantitative estimate of drug-likeness (QED) is 0.860. The summed E-state index contributed by atoms with van der Waals surface area (Å²) in [5, 5.41) is 9.43. The highest BCUT2D eigenvalue weighted by Crippen LogP contribution is 2.28. The van der Waals surface area contributed by atoms with E-state index in [-0.39, 0.29) is 12.1 Å². The Hall–Kier alpha value is -1.16. The standard InChI is InChI=1S/C13H17F2NO/c1-16(10-3-5-11(17)6-4-10)13-7-2-9(14)8-12(13)15/h2,7-8,10-11,17H,3-6H2,1H3. The number of anilines is 1. The fourth-order valence-corrected chi connectivity index (χ4v) is 2.41. The number of hydrogen-bond donors (Lipinski definition) is 1. The number of hydrogen-bond acceptors (Lipinski definition) is 2. The van der Waals surface area contributed by atoms with Gasteiger partial charge in [-0.05, 0) is 37.8 Å². The summed E-state index contributed by atoms with van der Waals surface area (Å²) in [6, 6.07) is 3.87. The summed E-state index contributed by atoms with van der Waals surface area (Å²) >= 11 is 0. The summed E-state index contributed by atoms with van der Waals surface area (Å²) in [7, 11) is 1.82. The average molecular weight is 241 g/mol. The molecule has 94 valence electrons. The Morgan fingerprint density at radius 1 is 1.18 bits per heavy atom. The monoisotopic (exact) mass is 241 g/mol. The van der Waals surface area contributed by atoms with Crippen LogP contribution in [-0.4, -0.2) is 24.3 Å². The lowest BCUT2D eigenvalue weighted by Gasteiger charge is -2.34. The molecule has 1 aliphatic rings. The molecular formula is C13H17F2NO. The van der Waals surface area contributed by atoms with Crippen LogP contribution in [0.4, 0.5) is 14.5 Å². The van der Waals surface area contributed by atoms with Gasteiger partial charge in [-0.25, -0.2) is 8.78 Å². The molecule has 1 aromatic carbocycles. The molecule has 17 heavy (non-hydrogen) atoms. The second-order valence-electron chi connectivity index (χ2n) is 4.67. The molecule has 0 spiro atoms.